The molecule has 0 unspecified atom stereocenters. The van der Waals surface area contributed by atoms with Gasteiger partial charge in [0.25, 0.3) is 5.91 Å². The molecule has 1 amide bonds. The van der Waals surface area contributed by atoms with Gasteiger partial charge in [0.2, 0.25) is 9.84 Å². The zero-order valence-corrected chi connectivity index (χ0v) is 14.4. The van der Waals surface area contributed by atoms with E-state index in [1.165, 1.54) is 18.3 Å². The molecule has 26 heavy (non-hydrogen) atoms. The number of halogens is 3. The van der Waals surface area contributed by atoms with Gasteiger partial charge in [-0.05, 0) is 36.4 Å². The van der Waals surface area contributed by atoms with Gasteiger partial charge in [-0.25, -0.2) is 18.2 Å². The van der Waals surface area contributed by atoms with Gasteiger partial charge in [-0.3, -0.25) is 4.79 Å². The molecular formula is C15H11ClF2N2O5S. The number of sulfone groups is 1. The van der Waals surface area contributed by atoms with E-state index in [2.05, 4.69) is 10.3 Å². The summed E-state index contributed by atoms with van der Waals surface area (Å²) in [6, 6.07) is 6.96. The van der Waals surface area contributed by atoms with Gasteiger partial charge < -0.3 is 10.1 Å². The molecule has 2 aromatic rings. The lowest BCUT2D eigenvalue weighted by molar-refractivity contribution is -0.119. The van der Waals surface area contributed by atoms with Crippen LogP contribution in [0.15, 0.2) is 47.5 Å². The van der Waals surface area contributed by atoms with Gasteiger partial charge in [-0.1, -0.05) is 11.6 Å². The second kappa shape index (κ2) is 8.19. The zero-order chi connectivity index (χ0) is 19.3. The Hall–Kier alpha value is -2.59. The average molecular weight is 405 g/mol. The van der Waals surface area contributed by atoms with Crippen LogP contribution < -0.4 is 5.32 Å². The SMILES string of the molecule is O=C(COC(=O)c1cccnc1Cl)Nc1ccc(S(=O)(=O)C(F)F)cc1. The Kier molecular flexibility index (Phi) is 6.22. The van der Waals surface area contributed by atoms with Crippen LogP contribution in [0, 0.1) is 0 Å². The van der Waals surface area contributed by atoms with Crippen molar-refractivity contribution in [2.45, 2.75) is 10.7 Å². The molecule has 1 aromatic carbocycles. The number of ether oxygens (including phenoxy) is 1. The molecule has 1 aromatic heterocycles. The van der Waals surface area contributed by atoms with Gasteiger partial charge in [-0.15, -0.1) is 0 Å². The van der Waals surface area contributed by atoms with Gasteiger partial charge >= 0.3 is 11.7 Å². The molecule has 2 rings (SSSR count). The zero-order valence-electron chi connectivity index (χ0n) is 12.9. The molecule has 1 heterocycles. The van der Waals surface area contributed by atoms with Crippen LogP contribution in [0.1, 0.15) is 10.4 Å². The van der Waals surface area contributed by atoms with Crippen LogP contribution in [-0.4, -0.2) is 37.6 Å². The first-order valence-electron chi connectivity index (χ1n) is 6.91. The molecule has 0 spiro atoms. The highest BCUT2D eigenvalue weighted by atomic mass is 35.5. The summed E-state index contributed by atoms with van der Waals surface area (Å²) in [5.74, 6) is -5.11. The Bertz CT molecular complexity index is 920. The monoisotopic (exact) mass is 404 g/mol. The Morgan fingerprint density at radius 1 is 1.19 bits per heavy atom. The number of nitrogens with one attached hydrogen (secondary N) is 1. The van der Waals surface area contributed by atoms with Gasteiger partial charge in [0.1, 0.15) is 5.15 Å². The predicted octanol–water partition coefficient (Wildman–Crippen LogP) is 2.53. The number of hydrogen-bond donors (Lipinski definition) is 1. The van der Waals surface area contributed by atoms with Crippen molar-refractivity contribution >= 4 is 39.0 Å². The Morgan fingerprint density at radius 3 is 2.42 bits per heavy atom. The molecule has 11 heteroatoms. The first kappa shape index (κ1) is 19.7. The predicted molar refractivity (Wildman–Crippen MR) is 87.8 cm³/mol. The summed E-state index contributed by atoms with van der Waals surface area (Å²) >= 11 is 5.72. The van der Waals surface area contributed by atoms with Crippen LogP contribution in [0.5, 0.6) is 0 Å². The third kappa shape index (κ3) is 4.73. The highest BCUT2D eigenvalue weighted by molar-refractivity contribution is 7.91. The maximum Gasteiger partial charge on any atom is 0.341 e. The molecule has 0 aliphatic carbocycles. The van der Waals surface area contributed by atoms with E-state index in [0.717, 1.165) is 24.3 Å². The van der Waals surface area contributed by atoms with Gasteiger partial charge in [0, 0.05) is 11.9 Å². The fraction of sp³-hybridized carbons (Fsp3) is 0.133. The topological polar surface area (TPSA) is 102 Å². The molecule has 0 fully saturated rings. The van der Waals surface area contributed by atoms with Crippen molar-refractivity contribution < 1.29 is 31.5 Å². The number of nitrogens with zero attached hydrogens (tertiary/aromatic N) is 1. The molecular weight excluding hydrogens is 394 g/mol. The number of rotatable bonds is 6. The standard InChI is InChI=1S/C15H11ClF2N2O5S/c16-13-11(2-1-7-19-13)14(22)25-8-12(21)20-9-3-5-10(6-4-9)26(23,24)15(17)18/h1-7,15H,8H2,(H,20,21). The van der Waals surface area contributed by atoms with Crippen molar-refractivity contribution in [1.29, 1.82) is 0 Å². The van der Waals surface area contributed by atoms with Crippen LogP contribution in [-0.2, 0) is 19.4 Å². The molecule has 7 nitrogen and oxygen atoms in total. The largest absolute Gasteiger partial charge is 0.452 e. The van der Waals surface area contributed by atoms with Crippen molar-refractivity contribution in [2.75, 3.05) is 11.9 Å². The molecule has 0 aliphatic rings. The molecule has 0 saturated heterocycles. The van der Waals surface area contributed by atoms with E-state index in [1.54, 1.807) is 0 Å². The Balaban J connectivity index is 1.94. The molecule has 138 valence electrons. The summed E-state index contributed by atoms with van der Waals surface area (Å²) in [6.07, 6.45) is 1.38. The third-order valence-corrected chi connectivity index (χ3v) is 4.71. The Labute approximate surface area is 151 Å². The number of pyridine rings is 1. The van der Waals surface area contributed by atoms with Crippen molar-refractivity contribution in [1.82, 2.24) is 4.98 Å². The van der Waals surface area contributed by atoms with Gasteiger partial charge in [0.05, 0.1) is 10.5 Å². The van der Waals surface area contributed by atoms with E-state index in [9.17, 15) is 26.8 Å². The lowest BCUT2D eigenvalue weighted by Crippen LogP contribution is -2.21. The highest BCUT2D eigenvalue weighted by Gasteiger charge is 2.26. The lowest BCUT2D eigenvalue weighted by Gasteiger charge is -2.08. The minimum absolute atomic E-state index is 0.0106. The van der Waals surface area contributed by atoms with Gasteiger partial charge in [-0.2, -0.15) is 8.78 Å². The van der Waals surface area contributed by atoms with Crippen molar-refractivity contribution in [3.63, 3.8) is 0 Å². The third-order valence-electron chi connectivity index (χ3n) is 3.01. The number of alkyl halides is 2. The maximum absolute atomic E-state index is 12.4. The second-order valence-electron chi connectivity index (χ2n) is 4.80. The van der Waals surface area contributed by atoms with E-state index in [4.69, 9.17) is 16.3 Å². The average Bonchev–Trinajstić information content (AvgIpc) is 2.60. The first-order chi connectivity index (χ1) is 12.2. The minimum Gasteiger partial charge on any atom is -0.452 e. The lowest BCUT2D eigenvalue weighted by atomic mass is 10.3. The second-order valence-corrected chi connectivity index (χ2v) is 7.07. The number of aromatic nitrogens is 1. The van der Waals surface area contributed by atoms with E-state index in [-0.39, 0.29) is 16.4 Å². The molecule has 0 aliphatic heterocycles. The summed E-state index contributed by atoms with van der Waals surface area (Å²) in [7, 11) is -4.71. The number of hydrogen-bond acceptors (Lipinski definition) is 6. The number of carbonyl (C=O) groups excluding carboxylic acids is 2. The van der Waals surface area contributed by atoms with Gasteiger partial charge in [0.15, 0.2) is 6.61 Å². The van der Waals surface area contributed by atoms with E-state index >= 15 is 0 Å². The summed E-state index contributed by atoms with van der Waals surface area (Å²) in [5, 5.41) is 2.25. The fourth-order valence-corrected chi connectivity index (χ4v) is 2.69. The number of anilines is 1. The molecule has 0 atom stereocenters. The Morgan fingerprint density at radius 2 is 1.85 bits per heavy atom. The minimum atomic E-state index is -4.71. The van der Waals surface area contributed by atoms with E-state index in [1.807, 2.05) is 0 Å². The molecule has 0 bridgehead atoms. The fourth-order valence-electron chi connectivity index (χ4n) is 1.78. The van der Waals surface area contributed by atoms with Crippen molar-refractivity contribution in [3.05, 3.63) is 53.3 Å². The van der Waals surface area contributed by atoms with Crippen LogP contribution in [0.3, 0.4) is 0 Å². The normalized spacial score (nSPS) is 11.2. The summed E-state index contributed by atoms with van der Waals surface area (Å²) in [4.78, 5) is 26.6. The highest BCUT2D eigenvalue weighted by Crippen LogP contribution is 2.20. The molecule has 0 saturated carbocycles. The summed E-state index contributed by atoms with van der Waals surface area (Å²) < 4.78 is 52.2. The number of amides is 1. The van der Waals surface area contributed by atoms with E-state index in [0.29, 0.717) is 0 Å². The van der Waals surface area contributed by atoms with Crippen LogP contribution in [0.2, 0.25) is 5.15 Å². The summed E-state index contributed by atoms with van der Waals surface area (Å²) in [5.41, 5.74) is 0.127. The van der Waals surface area contributed by atoms with Crippen molar-refractivity contribution in [3.8, 4) is 0 Å². The van der Waals surface area contributed by atoms with Crippen LogP contribution in [0.25, 0.3) is 0 Å². The number of benzene rings is 1. The molecule has 1 N–H and O–H groups in total. The van der Waals surface area contributed by atoms with E-state index < -0.39 is 39.0 Å². The summed E-state index contributed by atoms with van der Waals surface area (Å²) in [6.45, 7) is -0.638. The van der Waals surface area contributed by atoms with Crippen molar-refractivity contribution in [2.24, 2.45) is 0 Å². The number of carbonyl (C=O) groups is 2. The first-order valence-corrected chi connectivity index (χ1v) is 8.84. The maximum atomic E-state index is 12.4. The van der Waals surface area contributed by atoms with Crippen LogP contribution in [0.4, 0.5) is 14.5 Å². The smallest absolute Gasteiger partial charge is 0.341 e. The molecule has 0 radical (unpaired) electrons. The number of esters is 1. The quantitative estimate of drug-likeness (QED) is 0.586. The van der Waals surface area contributed by atoms with Crippen LogP contribution >= 0.6 is 11.6 Å².